The summed E-state index contributed by atoms with van der Waals surface area (Å²) in [6, 6.07) is 18.4. The minimum Gasteiger partial charge on any atom is -0.493 e. The molecule has 368 valence electrons. The molecule has 0 spiro atoms. The molecule has 0 radical (unpaired) electrons. The monoisotopic (exact) mass is 923 g/mol. The fraction of sp³-hybridized carbons (Fsp3) is 0.705. The van der Waals surface area contributed by atoms with Crippen molar-refractivity contribution in [2.45, 2.75) is 279 Å². The summed E-state index contributed by atoms with van der Waals surface area (Å²) in [6.45, 7) is 19.2. The number of benzene rings is 2. The van der Waals surface area contributed by atoms with Gasteiger partial charge in [0.2, 0.25) is 11.4 Å². The molecule has 0 saturated carbocycles. The van der Waals surface area contributed by atoms with Crippen molar-refractivity contribution in [2.75, 3.05) is 0 Å². The number of allylic oxidation sites excluding steroid dienone is 2. The molecule has 0 amide bonds. The minimum absolute atomic E-state index is 0. The van der Waals surface area contributed by atoms with Crippen LogP contribution in [0.5, 0.6) is 0 Å². The van der Waals surface area contributed by atoms with Crippen LogP contribution in [0.1, 0.15) is 289 Å². The number of nitrogens with zero attached hydrogens (tertiary/aromatic N) is 2. The van der Waals surface area contributed by atoms with Crippen molar-refractivity contribution in [3.8, 4) is 0 Å². The zero-order chi connectivity index (χ0) is 46.0. The van der Waals surface area contributed by atoms with E-state index in [9.17, 15) is 5.53 Å². The summed E-state index contributed by atoms with van der Waals surface area (Å²) in [5.74, 6) is 0. The SMILES string of the molecule is CCCCCCCCCCCCCCCCCC1=C(c2cccc(CCCCCCCCCCCCCCC)c2)[N+](=[N-])C(c2cccc(CCCC)c2)=C1CCCCC.[CH2-]C.[CH2-]C.[Ni+2]. The maximum absolute atomic E-state index is 12.4. The molecule has 0 fully saturated rings. The predicted octanol–water partition coefficient (Wildman–Crippen LogP) is 21.4. The number of aryl methyl sites for hydroxylation is 2. The molecule has 1 heterocycles. The molecule has 0 atom stereocenters. The number of rotatable bonds is 39. The fourth-order valence-corrected chi connectivity index (χ4v) is 9.49. The van der Waals surface area contributed by atoms with Crippen molar-refractivity contribution in [1.82, 2.24) is 0 Å². The van der Waals surface area contributed by atoms with E-state index < -0.39 is 0 Å². The molecule has 64 heavy (non-hydrogen) atoms. The van der Waals surface area contributed by atoms with E-state index in [4.69, 9.17) is 0 Å². The molecule has 0 unspecified atom stereocenters. The van der Waals surface area contributed by atoms with E-state index in [1.54, 1.807) is 18.5 Å². The van der Waals surface area contributed by atoms with Gasteiger partial charge in [0.05, 0.1) is 0 Å². The van der Waals surface area contributed by atoms with Crippen LogP contribution in [0.25, 0.3) is 16.9 Å². The Morgan fingerprint density at radius 3 is 0.922 bits per heavy atom. The first-order valence-electron chi connectivity index (χ1n) is 27.7. The van der Waals surface area contributed by atoms with Gasteiger partial charge in [0.1, 0.15) is 0 Å². The molecule has 3 rings (SSSR count). The van der Waals surface area contributed by atoms with Crippen LogP contribution in [-0.4, -0.2) is 4.70 Å². The third-order valence-corrected chi connectivity index (χ3v) is 13.2. The molecule has 3 heteroatoms. The summed E-state index contributed by atoms with van der Waals surface area (Å²) in [7, 11) is 0. The van der Waals surface area contributed by atoms with Crippen molar-refractivity contribution >= 4 is 11.4 Å². The number of hydrogen-bond acceptors (Lipinski definition) is 0. The summed E-state index contributed by atoms with van der Waals surface area (Å²) in [5.41, 5.74) is 22.4. The Morgan fingerprint density at radius 2 is 0.594 bits per heavy atom. The minimum atomic E-state index is 0. The van der Waals surface area contributed by atoms with E-state index in [0.29, 0.717) is 0 Å². The van der Waals surface area contributed by atoms with Crippen LogP contribution < -0.4 is 0 Å². The normalized spacial score (nSPS) is 12.3. The third kappa shape index (κ3) is 27.6. The first-order chi connectivity index (χ1) is 31.1. The number of hydrogen-bond donors (Lipinski definition) is 0. The van der Waals surface area contributed by atoms with Gasteiger partial charge in [-0.15, -0.1) is 0 Å². The Kier molecular flexibility index (Phi) is 43.4. The van der Waals surface area contributed by atoms with Gasteiger partial charge in [0.25, 0.3) is 0 Å². The maximum atomic E-state index is 12.4. The van der Waals surface area contributed by atoms with Crippen LogP contribution in [0.3, 0.4) is 0 Å². The molecule has 0 aliphatic carbocycles. The van der Waals surface area contributed by atoms with Gasteiger partial charge in [0.15, 0.2) is 0 Å². The largest absolute Gasteiger partial charge is 2.00 e. The standard InChI is InChI=1S/C57H94N2.2C2H5.Ni/c1-5-9-13-15-17-19-21-23-24-26-28-30-32-34-37-47-55-54(46-35-11-7-3)56(52-44-38-42-50(48-52)40-12-8-4)59(58)57(55)53-45-39-43-51(49-53)41-36-33-31-29-27-25-22-20-18-16-14-10-6-2;2*1-2;/h38-39,42-45,48-49H,5-37,40-41,46-47H2,1-4H3;2*1H2,2H3;/q;2*-1;+2. The fourth-order valence-electron chi connectivity index (χ4n) is 9.49. The molecule has 0 saturated heterocycles. The van der Waals surface area contributed by atoms with Crippen molar-refractivity contribution in [3.05, 3.63) is 101 Å². The van der Waals surface area contributed by atoms with Crippen molar-refractivity contribution < 1.29 is 21.2 Å². The Morgan fingerprint density at radius 1 is 0.344 bits per heavy atom. The van der Waals surface area contributed by atoms with Crippen molar-refractivity contribution in [3.63, 3.8) is 0 Å². The smallest absolute Gasteiger partial charge is 0.493 e. The van der Waals surface area contributed by atoms with E-state index >= 15 is 0 Å². The van der Waals surface area contributed by atoms with Gasteiger partial charge in [0, 0.05) is 22.3 Å². The van der Waals surface area contributed by atoms with Crippen LogP contribution >= 0.6 is 0 Å². The summed E-state index contributed by atoms with van der Waals surface area (Å²) in [4.78, 5) is 0. The van der Waals surface area contributed by atoms with Gasteiger partial charge in [-0.05, 0) is 86.8 Å². The molecule has 0 N–H and O–H groups in total. The summed E-state index contributed by atoms with van der Waals surface area (Å²) >= 11 is 0. The average molecular weight is 924 g/mol. The van der Waals surface area contributed by atoms with Crippen LogP contribution in [0.15, 0.2) is 59.7 Å². The second-order valence-electron chi connectivity index (χ2n) is 18.6. The van der Waals surface area contributed by atoms with Crippen molar-refractivity contribution in [2.24, 2.45) is 0 Å². The molecule has 0 bridgehead atoms. The van der Waals surface area contributed by atoms with Crippen molar-refractivity contribution in [1.29, 1.82) is 0 Å². The maximum Gasteiger partial charge on any atom is 2.00 e. The first kappa shape index (κ1) is 62.0. The molecular formula is C61H104N2Ni. The second-order valence-corrected chi connectivity index (χ2v) is 18.6. The van der Waals surface area contributed by atoms with E-state index in [-0.39, 0.29) is 16.5 Å². The second kappa shape index (κ2) is 44.8. The molecule has 1 aliphatic heterocycles. The summed E-state index contributed by atoms with van der Waals surface area (Å²) in [5, 5.41) is 0. The molecular weight excluding hydrogens is 819 g/mol. The van der Waals surface area contributed by atoms with E-state index in [2.05, 4.69) is 90.1 Å². The van der Waals surface area contributed by atoms with Gasteiger partial charge < -0.3 is 19.4 Å². The molecule has 1 aliphatic rings. The van der Waals surface area contributed by atoms with Gasteiger partial charge in [-0.2, -0.15) is 13.8 Å². The van der Waals surface area contributed by atoms with E-state index in [1.165, 1.54) is 245 Å². The third-order valence-electron chi connectivity index (χ3n) is 13.2. The van der Waals surface area contributed by atoms with Gasteiger partial charge in [-0.1, -0.05) is 238 Å². The topological polar surface area (TPSA) is 25.3 Å². The van der Waals surface area contributed by atoms with Gasteiger partial charge in [-0.25, -0.2) is 4.70 Å². The molecule has 2 aromatic carbocycles. The first-order valence-corrected chi connectivity index (χ1v) is 27.7. The average Bonchev–Trinajstić information content (AvgIpc) is 3.59. The van der Waals surface area contributed by atoms with Crippen LogP contribution in [-0.2, 0) is 29.3 Å². The zero-order valence-electron chi connectivity index (χ0n) is 43.4. The Bertz CT molecular complexity index is 1440. The molecule has 2 nitrogen and oxygen atoms in total. The predicted molar refractivity (Wildman–Crippen MR) is 284 cm³/mol. The molecule has 0 aromatic heterocycles. The van der Waals surface area contributed by atoms with Crippen LogP contribution in [0, 0.1) is 13.8 Å². The quantitative estimate of drug-likeness (QED) is 0.0276. The van der Waals surface area contributed by atoms with Crippen LogP contribution in [0.2, 0.25) is 0 Å². The van der Waals surface area contributed by atoms with Crippen LogP contribution in [0.4, 0.5) is 0 Å². The van der Waals surface area contributed by atoms with E-state index in [1.807, 2.05) is 0 Å². The zero-order valence-corrected chi connectivity index (χ0v) is 44.4. The summed E-state index contributed by atoms with van der Waals surface area (Å²) < 4.78 is 1.63. The Balaban J connectivity index is 0.00000771. The summed E-state index contributed by atoms with van der Waals surface area (Å²) in [6.07, 6.45) is 49.2. The van der Waals surface area contributed by atoms with Gasteiger partial charge >= 0.3 is 16.5 Å². The molecule has 2 aromatic rings. The Labute approximate surface area is 410 Å². The van der Waals surface area contributed by atoms with Gasteiger partial charge in [-0.3, -0.25) is 0 Å². The number of unbranched alkanes of at least 4 members (excludes halogenated alkanes) is 29. The van der Waals surface area contributed by atoms with E-state index in [0.717, 1.165) is 37.1 Å². The Hall–Kier alpha value is -1.99.